The molecule has 226 valence electrons. The monoisotopic (exact) mass is 611 g/mol. The molecule has 1 unspecified atom stereocenters. The Kier molecular flexibility index (Phi) is 8.23. The Morgan fingerprint density at radius 2 is 1.60 bits per heavy atom. The number of aromatic nitrogens is 2. The van der Waals surface area contributed by atoms with Gasteiger partial charge in [-0.25, -0.2) is 9.97 Å². The van der Waals surface area contributed by atoms with Crippen LogP contribution in [0.1, 0.15) is 52.0 Å². The van der Waals surface area contributed by atoms with Gasteiger partial charge in [-0.05, 0) is 62.6 Å². The molecule has 0 aliphatic carbocycles. The smallest absolute Gasteiger partial charge is 0.403 e. The summed E-state index contributed by atoms with van der Waals surface area (Å²) in [6.45, 7) is 3.18. The fraction of sp³-hybridized carbons (Fsp3) is 0.419. The molecular weight excluding hydrogens is 579 g/mol. The fourth-order valence-electron chi connectivity index (χ4n) is 5.66. The van der Waals surface area contributed by atoms with Gasteiger partial charge >= 0.3 is 6.18 Å². The van der Waals surface area contributed by atoms with Gasteiger partial charge in [-0.15, -0.1) is 11.3 Å². The van der Waals surface area contributed by atoms with E-state index in [2.05, 4.69) is 9.97 Å². The third-order valence-corrected chi connectivity index (χ3v) is 9.21. The van der Waals surface area contributed by atoms with Crippen LogP contribution in [0.2, 0.25) is 0 Å². The van der Waals surface area contributed by atoms with E-state index < -0.39 is 18.1 Å². The number of likely N-dealkylation sites (tertiary alicyclic amines) is 1. The van der Waals surface area contributed by atoms with Gasteiger partial charge in [0.25, 0.3) is 11.8 Å². The van der Waals surface area contributed by atoms with E-state index in [9.17, 15) is 22.8 Å². The number of fused-ring (bicyclic) bond motifs is 2. The normalized spacial score (nSPS) is 17.4. The van der Waals surface area contributed by atoms with Crippen molar-refractivity contribution in [3.05, 3.63) is 64.8 Å². The summed E-state index contributed by atoms with van der Waals surface area (Å²) in [7, 11) is 0. The van der Waals surface area contributed by atoms with Gasteiger partial charge in [0.2, 0.25) is 0 Å². The van der Waals surface area contributed by atoms with Crippen molar-refractivity contribution in [2.45, 2.75) is 45.0 Å². The molecule has 6 rings (SSSR count). The minimum absolute atomic E-state index is 0.105. The van der Waals surface area contributed by atoms with Gasteiger partial charge in [0.15, 0.2) is 0 Å². The highest BCUT2D eigenvalue weighted by atomic mass is 32.1. The highest BCUT2D eigenvalue weighted by Gasteiger charge is 2.41. The van der Waals surface area contributed by atoms with Crippen LogP contribution >= 0.6 is 11.3 Å². The Bertz CT molecular complexity index is 1610. The van der Waals surface area contributed by atoms with Crippen molar-refractivity contribution in [2.24, 2.45) is 0 Å². The standard InChI is InChI=1S/C31H32F3N5O3S/c1-20(31(32,33)34)37-13-15-39(16-14-37)30(41)26-18-23(29(40)38-11-5-2-6-12-38)22-17-21(9-10-24(22)35-26)42-19-28-36-25-7-3-4-8-27(25)43-28/h3-4,7-10,17-18,20H,2,5-6,11-16,19H2,1H3. The molecule has 8 nitrogen and oxygen atoms in total. The van der Waals surface area contributed by atoms with Crippen molar-refractivity contribution in [2.75, 3.05) is 39.3 Å². The molecule has 0 radical (unpaired) electrons. The second kappa shape index (κ2) is 12.1. The van der Waals surface area contributed by atoms with E-state index in [4.69, 9.17) is 4.74 Å². The number of benzene rings is 2. The number of para-hydroxylation sites is 1. The van der Waals surface area contributed by atoms with Crippen LogP contribution in [0, 0.1) is 0 Å². The Morgan fingerprint density at radius 1 is 0.884 bits per heavy atom. The number of alkyl halides is 3. The number of piperidine rings is 1. The predicted octanol–water partition coefficient (Wildman–Crippen LogP) is 5.76. The number of hydrogen-bond acceptors (Lipinski definition) is 7. The fourth-order valence-corrected chi connectivity index (χ4v) is 6.54. The average Bonchev–Trinajstić information content (AvgIpc) is 3.45. The van der Waals surface area contributed by atoms with Gasteiger partial charge in [-0.2, -0.15) is 13.2 Å². The van der Waals surface area contributed by atoms with E-state index >= 15 is 0 Å². The van der Waals surface area contributed by atoms with Crippen LogP contribution in [0.3, 0.4) is 0 Å². The molecule has 0 spiro atoms. The maximum atomic E-state index is 13.8. The molecule has 2 amide bonds. The van der Waals surface area contributed by atoms with Gasteiger partial charge in [0, 0.05) is 44.7 Å². The van der Waals surface area contributed by atoms with Crippen LogP contribution in [0.25, 0.3) is 21.1 Å². The van der Waals surface area contributed by atoms with E-state index in [1.807, 2.05) is 24.3 Å². The minimum Gasteiger partial charge on any atom is -0.486 e. The average molecular weight is 612 g/mol. The first-order valence-electron chi connectivity index (χ1n) is 14.5. The molecular formula is C31H32F3N5O3S. The molecule has 2 fully saturated rings. The number of thiazole rings is 1. The zero-order chi connectivity index (χ0) is 30.1. The maximum absolute atomic E-state index is 13.8. The van der Waals surface area contributed by atoms with Crippen molar-refractivity contribution < 1.29 is 27.5 Å². The summed E-state index contributed by atoms with van der Waals surface area (Å²) < 4.78 is 46.8. The van der Waals surface area contributed by atoms with Gasteiger partial charge < -0.3 is 14.5 Å². The van der Waals surface area contributed by atoms with Crippen molar-refractivity contribution in [3.8, 4) is 5.75 Å². The number of piperazine rings is 1. The first-order chi connectivity index (χ1) is 20.7. The molecule has 4 heterocycles. The third kappa shape index (κ3) is 6.30. The lowest BCUT2D eigenvalue weighted by Crippen LogP contribution is -2.54. The molecule has 2 aromatic carbocycles. The number of nitrogens with zero attached hydrogens (tertiary/aromatic N) is 5. The van der Waals surface area contributed by atoms with Crippen LogP contribution in [0.4, 0.5) is 13.2 Å². The van der Waals surface area contributed by atoms with Crippen LogP contribution in [-0.2, 0) is 6.61 Å². The van der Waals surface area contributed by atoms with Gasteiger partial charge in [-0.3, -0.25) is 14.5 Å². The number of rotatable bonds is 6. The molecule has 43 heavy (non-hydrogen) atoms. The number of halogens is 3. The Morgan fingerprint density at radius 3 is 2.33 bits per heavy atom. The molecule has 2 saturated heterocycles. The highest BCUT2D eigenvalue weighted by Crippen LogP contribution is 2.29. The Balaban J connectivity index is 1.26. The van der Waals surface area contributed by atoms with Gasteiger partial charge in [-0.1, -0.05) is 12.1 Å². The molecule has 2 aliphatic rings. The van der Waals surface area contributed by atoms with Crippen LogP contribution < -0.4 is 4.74 Å². The topological polar surface area (TPSA) is 78.9 Å². The summed E-state index contributed by atoms with van der Waals surface area (Å²) in [5.74, 6) is -0.0198. The molecule has 2 aromatic heterocycles. The number of carbonyl (C=O) groups is 2. The lowest BCUT2D eigenvalue weighted by atomic mass is 10.0. The van der Waals surface area contributed by atoms with Crippen molar-refractivity contribution >= 4 is 44.3 Å². The Labute approximate surface area is 251 Å². The van der Waals surface area contributed by atoms with Crippen molar-refractivity contribution in [1.29, 1.82) is 0 Å². The van der Waals surface area contributed by atoms with Gasteiger partial charge in [0.05, 0.1) is 21.3 Å². The summed E-state index contributed by atoms with van der Waals surface area (Å²) in [6.07, 6.45) is -1.44. The van der Waals surface area contributed by atoms with Crippen LogP contribution in [-0.4, -0.2) is 88.0 Å². The first-order valence-corrected chi connectivity index (χ1v) is 15.3. The zero-order valence-electron chi connectivity index (χ0n) is 23.8. The summed E-state index contributed by atoms with van der Waals surface area (Å²) in [5, 5.41) is 1.41. The van der Waals surface area contributed by atoms with E-state index in [1.54, 1.807) is 34.4 Å². The lowest BCUT2D eigenvalue weighted by molar-refractivity contribution is -0.181. The summed E-state index contributed by atoms with van der Waals surface area (Å²) in [5.41, 5.74) is 1.86. The van der Waals surface area contributed by atoms with E-state index in [-0.39, 0.29) is 44.4 Å². The SMILES string of the molecule is CC(N1CCN(C(=O)c2cc(C(=O)N3CCCCC3)c3cc(OCc4nc5ccccc5s4)ccc3n2)CC1)C(F)(F)F. The Hall–Kier alpha value is -3.77. The van der Waals surface area contributed by atoms with Crippen molar-refractivity contribution in [3.63, 3.8) is 0 Å². The number of carbonyl (C=O) groups excluding carboxylic acids is 2. The third-order valence-electron chi connectivity index (χ3n) is 8.20. The number of pyridine rings is 1. The molecule has 4 aromatic rings. The second-order valence-corrected chi connectivity index (χ2v) is 12.1. The maximum Gasteiger partial charge on any atom is 0.403 e. The summed E-state index contributed by atoms with van der Waals surface area (Å²) >= 11 is 1.56. The van der Waals surface area contributed by atoms with E-state index in [1.165, 1.54) is 15.9 Å². The van der Waals surface area contributed by atoms with Crippen molar-refractivity contribution in [1.82, 2.24) is 24.7 Å². The summed E-state index contributed by atoms with van der Waals surface area (Å²) in [6, 6.07) is 13.1. The number of amides is 2. The molecule has 1 atom stereocenters. The van der Waals surface area contributed by atoms with Gasteiger partial charge in [0.1, 0.15) is 29.1 Å². The second-order valence-electron chi connectivity index (χ2n) is 11.0. The molecule has 2 aliphatic heterocycles. The predicted molar refractivity (Wildman–Crippen MR) is 158 cm³/mol. The molecule has 0 saturated carbocycles. The molecule has 12 heteroatoms. The quantitative estimate of drug-likeness (QED) is 0.276. The zero-order valence-corrected chi connectivity index (χ0v) is 24.6. The van der Waals surface area contributed by atoms with Crippen LogP contribution in [0.15, 0.2) is 48.5 Å². The van der Waals surface area contributed by atoms with Crippen LogP contribution in [0.5, 0.6) is 5.75 Å². The first kappa shape index (κ1) is 29.3. The summed E-state index contributed by atoms with van der Waals surface area (Å²) in [4.78, 5) is 41.2. The largest absolute Gasteiger partial charge is 0.486 e. The molecule has 0 bridgehead atoms. The number of ether oxygens (including phenoxy) is 1. The van der Waals surface area contributed by atoms with E-state index in [0.29, 0.717) is 35.3 Å². The van der Waals surface area contributed by atoms with E-state index in [0.717, 1.165) is 41.4 Å². The highest BCUT2D eigenvalue weighted by molar-refractivity contribution is 7.18. The minimum atomic E-state index is -4.33. The molecule has 0 N–H and O–H groups in total. The lowest BCUT2D eigenvalue weighted by Gasteiger charge is -2.38. The number of hydrogen-bond donors (Lipinski definition) is 0.